The van der Waals surface area contributed by atoms with E-state index in [1.807, 2.05) is 49.5 Å². The average Bonchev–Trinajstić information content (AvgIpc) is 2.96. The van der Waals surface area contributed by atoms with Crippen molar-refractivity contribution in [2.75, 3.05) is 11.9 Å². The van der Waals surface area contributed by atoms with E-state index < -0.39 is 0 Å². The Bertz CT molecular complexity index is 520. The van der Waals surface area contributed by atoms with E-state index in [0.29, 0.717) is 18.7 Å². The first-order valence-corrected chi connectivity index (χ1v) is 6.54. The molecule has 0 bridgehead atoms. The summed E-state index contributed by atoms with van der Waals surface area (Å²) in [7, 11) is 0. The Labute approximate surface area is 113 Å². The van der Waals surface area contributed by atoms with Crippen LogP contribution in [0.15, 0.2) is 42.6 Å². The van der Waals surface area contributed by atoms with Crippen LogP contribution in [0.25, 0.3) is 0 Å². The fourth-order valence-electron chi connectivity index (χ4n) is 1.79. The van der Waals surface area contributed by atoms with Gasteiger partial charge in [0.15, 0.2) is 0 Å². The molecule has 1 aromatic carbocycles. The molecule has 0 aliphatic heterocycles. The van der Waals surface area contributed by atoms with Gasteiger partial charge in [-0.1, -0.05) is 13.0 Å². The van der Waals surface area contributed by atoms with Gasteiger partial charge in [0.05, 0.1) is 6.54 Å². The van der Waals surface area contributed by atoms with E-state index in [9.17, 15) is 4.79 Å². The molecule has 0 saturated carbocycles. The maximum atomic E-state index is 11.8. The monoisotopic (exact) mass is 257 g/mol. The van der Waals surface area contributed by atoms with Crippen molar-refractivity contribution < 1.29 is 4.79 Å². The predicted molar refractivity (Wildman–Crippen MR) is 77.2 cm³/mol. The van der Waals surface area contributed by atoms with Gasteiger partial charge in [-0.25, -0.2) is 0 Å². The molecule has 0 fully saturated rings. The van der Waals surface area contributed by atoms with Gasteiger partial charge >= 0.3 is 0 Å². The van der Waals surface area contributed by atoms with Crippen LogP contribution >= 0.6 is 0 Å². The smallest absolute Gasteiger partial charge is 0.251 e. The van der Waals surface area contributed by atoms with E-state index in [1.165, 1.54) is 0 Å². The fraction of sp³-hybridized carbons (Fsp3) is 0.267. The average molecular weight is 257 g/mol. The van der Waals surface area contributed by atoms with Crippen molar-refractivity contribution in [1.82, 2.24) is 10.3 Å². The highest BCUT2D eigenvalue weighted by molar-refractivity contribution is 5.95. The van der Waals surface area contributed by atoms with Gasteiger partial charge in [0.1, 0.15) is 0 Å². The molecule has 2 rings (SSSR count). The topological polar surface area (TPSA) is 56.9 Å². The quantitative estimate of drug-likeness (QED) is 0.745. The highest BCUT2D eigenvalue weighted by atomic mass is 16.1. The highest BCUT2D eigenvalue weighted by Gasteiger charge is 2.04. The molecule has 0 aliphatic carbocycles. The van der Waals surface area contributed by atoms with Crippen molar-refractivity contribution >= 4 is 11.6 Å². The Balaban J connectivity index is 1.96. The normalized spacial score (nSPS) is 10.2. The first-order valence-electron chi connectivity index (χ1n) is 6.54. The highest BCUT2D eigenvalue weighted by Crippen LogP contribution is 2.11. The lowest BCUT2D eigenvalue weighted by atomic mass is 10.2. The molecule has 1 heterocycles. The van der Waals surface area contributed by atoms with Crippen molar-refractivity contribution in [3.05, 3.63) is 53.9 Å². The van der Waals surface area contributed by atoms with Crippen LogP contribution < -0.4 is 10.6 Å². The van der Waals surface area contributed by atoms with Crippen LogP contribution in [0.1, 0.15) is 29.4 Å². The Kier molecular flexibility index (Phi) is 4.61. The molecule has 0 saturated heterocycles. The van der Waals surface area contributed by atoms with E-state index in [1.54, 1.807) is 0 Å². The summed E-state index contributed by atoms with van der Waals surface area (Å²) in [6.45, 7) is 3.46. The summed E-state index contributed by atoms with van der Waals surface area (Å²) in [5, 5.41) is 6.16. The standard InChI is InChI=1S/C15H19N3O/c1-2-8-17-15(19)12-5-3-6-13(10-12)18-11-14-7-4-9-16-14/h3-7,9-10,16,18H,2,8,11H2,1H3,(H,17,19). The molecule has 3 N–H and O–H groups in total. The largest absolute Gasteiger partial charge is 0.379 e. The number of rotatable bonds is 6. The molecule has 0 atom stereocenters. The van der Waals surface area contributed by atoms with E-state index >= 15 is 0 Å². The summed E-state index contributed by atoms with van der Waals surface area (Å²) in [5.74, 6) is -0.0228. The zero-order valence-electron chi connectivity index (χ0n) is 11.1. The summed E-state index contributed by atoms with van der Waals surface area (Å²) < 4.78 is 0. The van der Waals surface area contributed by atoms with Crippen molar-refractivity contribution in [2.24, 2.45) is 0 Å². The van der Waals surface area contributed by atoms with Crippen molar-refractivity contribution in [3.63, 3.8) is 0 Å². The summed E-state index contributed by atoms with van der Waals surface area (Å²) in [6, 6.07) is 11.5. The van der Waals surface area contributed by atoms with Gasteiger partial charge in [0.2, 0.25) is 0 Å². The Morgan fingerprint density at radius 1 is 1.26 bits per heavy atom. The Morgan fingerprint density at radius 2 is 2.16 bits per heavy atom. The lowest BCUT2D eigenvalue weighted by Crippen LogP contribution is -2.23. The molecular weight excluding hydrogens is 238 g/mol. The molecule has 0 aliphatic rings. The van der Waals surface area contributed by atoms with Crippen molar-refractivity contribution in [3.8, 4) is 0 Å². The SMILES string of the molecule is CCCNC(=O)c1cccc(NCc2ccc[nH]2)c1. The van der Waals surface area contributed by atoms with Crippen LogP contribution in [0.4, 0.5) is 5.69 Å². The Morgan fingerprint density at radius 3 is 2.89 bits per heavy atom. The number of hydrogen-bond donors (Lipinski definition) is 3. The number of H-pyrrole nitrogens is 1. The van der Waals surface area contributed by atoms with Gasteiger partial charge < -0.3 is 15.6 Å². The fourth-order valence-corrected chi connectivity index (χ4v) is 1.79. The number of benzene rings is 1. The van der Waals surface area contributed by atoms with Gasteiger partial charge in [0, 0.05) is 29.7 Å². The zero-order valence-corrected chi connectivity index (χ0v) is 11.1. The second-order valence-electron chi connectivity index (χ2n) is 4.39. The van der Waals surface area contributed by atoms with Crippen LogP contribution in [0.5, 0.6) is 0 Å². The van der Waals surface area contributed by atoms with Crippen LogP contribution in [-0.2, 0) is 6.54 Å². The number of aromatic nitrogens is 1. The van der Waals surface area contributed by atoms with Crippen LogP contribution in [0.3, 0.4) is 0 Å². The number of hydrogen-bond acceptors (Lipinski definition) is 2. The van der Waals surface area contributed by atoms with E-state index in [2.05, 4.69) is 15.6 Å². The first kappa shape index (κ1) is 13.2. The molecule has 4 heteroatoms. The summed E-state index contributed by atoms with van der Waals surface area (Å²) in [5.41, 5.74) is 2.74. The lowest BCUT2D eigenvalue weighted by molar-refractivity contribution is 0.0953. The predicted octanol–water partition coefficient (Wildman–Crippen LogP) is 2.77. The lowest BCUT2D eigenvalue weighted by Gasteiger charge is -2.08. The van der Waals surface area contributed by atoms with Gasteiger partial charge in [-0.2, -0.15) is 0 Å². The maximum Gasteiger partial charge on any atom is 0.251 e. The number of carbonyl (C=O) groups excluding carboxylic acids is 1. The number of nitrogens with one attached hydrogen (secondary N) is 3. The Hall–Kier alpha value is -2.23. The molecule has 1 amide bonds. The van der Waals surface area contributed by atoms with Crippen LogP contribution in [0, 0.1) is 0 Å². The number of aromatic amines is 1. The molecule has 4 nitrogen and oxygen atoms in total. The minimum absolute atomic E-state index is 0.0228. The third-order valence-electron chi connectivity index (χ3n) is 2.81. The molecule has 19 heavy (non-hydrogen) atoms. The summed E-state index contributed by atoms with van der Waals surface area (Å²) in [4.78, 5) is 15.0. The van der Waals surface area contributed by atoms with Crippen molar-refractivity contribution in [2.45, 2.75) is 19.9 Å². The molecule has 0 spiro atoms. The van der Waals surface area contributed by atoms with Crippen LogP contribution in [-0.4, -0.2) is 17.4 Å². The number of anilines is 1. The third-order valence-corrected chi connectivity index (χ3v) is 2.81. The van der Waals surface area contributed by atoms with E-state index in [0.717, 1.165) is 17.8 Å². The molecular formula is C15H19N3O. The molecule has 1 aromatic heterocycles. The number of amides is 1. The second-order valence-corrected chi connectivity index (χ2v) is 4.39. The maximum absolute atomic E-state index is 11.8. The minimum Gasteiger partial charge on any atom is -0.379 e. The van der Waals surface area contributed by atoms with Gasteiger partial charge in [-0.15, -0.1) is 0 Å². The van der Waals surface area contributed by atoms with Gasteiger partial charge in [-0.05, 0) is 36.8 Å². The number of carbonyl (C=O) groups is 1. The van der Waals surface area contributed by atoms with E-state index in [-0.39, 0.29) is 5.91 Å². The minimum atomic E-state index is -0.0228. The molecule has 2 aromatic rings. The second kappa shape index (κ2) is 6.64. The molecule has 0 radical (unpaired) electrons. The van der Waals surface area contributed by atoms with Gasteiger partial charge in [-0.3, -0.25) is 4.79 Å². The van der Waals surface area contributed by atoms with Gasteiger partial charge in [0.25, 0.3) is 5.91 Å². The first-order chi connectivity index (χ1) is 9.29. The zero-order chi connectivity index (χ0) is 13.5. The van der Waals surface area contributed by atoms with Crippen LogP contribution in [0.2, 0.25) is 0 Å². The van der Waals surface area contributed by atoms with Crippen molar-refractivity contribution in [1.29, 1.82) is 0 Å². The molecule has 100 valence electrons. The third kappa shape index (κ3) is 3.88. The summed E-state index contributed by atoms with van der Waals surface area (Å²) >= 11 is 0. The van der Waals surface area contributed by atoms with E-state index in [4.69, 9.17) is 0 Å². The molecule has 0 unspecified atom stereocenters. The summed E-state index contributed by atoms with van der Waals surface area (Å²) in [6.07, 6.45) is 2.84.